The second kappa shape index (κ2) is 3.22. The Bertz CT molecular complexity index is 349. The van der Waals surface area contributed by atoms with Crippen LogP contribution in [0.2, 0.25) is 0 Å². The van der Waals surface area contributed by atoms with E-state index in [4.69, 9.17) is 0 Å². The molecule has 0 aromatic rings. The Morgan fingerprint density at radius 3 is 1.00 bits per heavy atom. The van der Waals surface area contributed by atoms with E-state index in [9.17, 15) is 10.2 Å². The van der Waals surface area contributed by atoms with Crippen LogP contribution in [0.3, 0.4) is 0 Å². The summed E-state index contributed by atoms with van der Waals surface area (Å²) in [5.41, 5.74) is 0.641. The average molecular weight is 262 g/mol. The molecule has 0 spiro atoms. The fourth-order valence-corrected chi connectivity index (χ4v) is 7.12. The molecule has 0 aliphatic heterocycles. The van der Waals surface area contributed by atoms with Gasteiger partial charge in [-0.2, -0.15) is 0 Å². The molecule has 0 aromatic carbocycles. The molecule has 5 rings (SSSR count). The van der Waals surface area contributed by atoms with Crippen molar-refractivity contribution >= 4 is 0 Å². The van der Waals surface area contributed by atoms with Gasteiger partial charge in [-0.25, -0.2) is 0 Å². The molecule has 0 atom stereocenters. The second-order valence-electron chi connectivity index (χ2n) is 8.23. The Morgan fingerprint density at radius 2 is 0.842 bits per heavy atom. The van der Waals surface area contributed by atoms with Crippen LogP contribution in [-0.4, -0.2) is 23.4 Å². The number of hydrogen-bond donors (Lipinski definition) is 2. The number of aliphatic hydroxyl groups is 2. The molecule has 5 saturated carbocycles. The predicted molar refractivity (Wildman–Crippen MR) is 72.4 cm³/mol. The van der Waals surface area contributed by atoms with Crippen molar-refractivity contribution in [1.29, 1.82) is 0 Å². The summed E-state index contributed by atoms with van der Waals surface area (Å²) in [6.45, 7) is 0.507. The predicted octanol–water partition coefficient (Wildman–Crippen LogP) is 2.58. The normalized spacial score (nSPS) is 38.2. The molecule has 19 heavy (non-hydrogen) atoms. The molecule has 0 unspecified atom stereocenters. The minimum absolute atomic E-state index is 0.0926. The lowest BCUT2D eigenvalue weighted by atomic mass is 9.78. The maximum atomic E-state index is 10.3. The SMILES string of the molecule is OCC1(CO)C(C2CC2)(C2CC2)C1(C1CC1)C1CC1. The molecular weight excluding hydrogens is 236 g/mol. The average Bonchev–Trinajstić information content (AvgIpc) is 3.29. The highest BCUT2D eigenvalue weighted by molar-refractivity contribution is 5.41. The van der Waals surface area contributed by atoms with Crippen molar-refractivity contribution in [2.45, 2.75) is 51.4 Å². The molecule has 5 aliphatic rings. The highest BCUT2D eigenvalue weighted by atomic mass is 16.3. The second-order valence-corrected chi connectivity index (χ2v) is 8.23. The summed E-state index contributed by atoms with van der Waals surface area (Å²) in [4.78, 5) is 0. The van der Waals surface area contributed by atoms with Crippen LogP contribution in [0, 0.1) is 39.9 Å². The monoisotopic (exact) mass is 262 g/mol. The van der Waals surface area contributed by atoms with Crippen molar-refractivity contribution in [1.82, 2.24) is 0 Å². The van der Waals surface area contributed by atoms with E-state index in [1.165, 1.54) is 51.4 Å². The van der Waals surface area contributed by atoms with Crippen LogP contribution in [0.25, 0.3) is 0 Å². The molecule has 106 valence electrons. The van der Waals surface area contributed by atoms with Gasteiger partial charge in [0.2, 0.25) is 0 Å². The minimum Gasteiger partial charge on any atom is -0.396 e. The lowest BCUT2D eigenvalue weighted by molar-refractivity contribution is 0.0700. The molecule has 5 fully saturated rings. The zero-order valence-corrected chi connectivity index (χ0v) is 11.8. The zero-order chi connectivity index (χ0) is 12.9. The van der Waals surface area contributed by atoms with Gasteiger partial charge in [-0.1, -0.05) is 0 Å². The van der Waals surface area contributed by atoms with Gasteiger partial charge < -0.3 is 10.2 Å². The first kappa shape index (κ1) is 11.6. The van der Waals surface area contributed by atoms with Crippen molar-refractivity contribution in [3.63, 3.8) is 0 Å². The van der Waals surface area contributed by atoms with Gasteiger partial charge in [0.1, 0.15) is 0 Å². The lowest BCUT2D eigenvalue weighted by Crippen LogP contribution is -2.26. The Hall–Kier alpha value is -0.0800. The highest BCUT2D eigenvalue weighted by Crippen LogP contribution is 2.97. The van der Waals surface area contributed by atoms with E-state index in [1.807, 2.05) is 0 Å². The van der Waals surface area contributed by atoms with E-state index in [-0.39, 0.29) is 18.6 Å². The van der Waals surface area contributed by atoms with Crippen molar-refractivity contribution in [3.8, 4) is 0 Å². The van der Waals surface area contributed by atoms with Gasteiger partial charge in [-0.05, 0) is 85.9 Å². The molecule has 0 saturated heterocycles. The molecule has 0 radical (unpaired) electrons. The number of rotatable bonds is 6. The van der Waals surface area contributed by atoms with E-state index in [0.717, 1.165) is 23.7 Å². The first-order valence-electron chi connectivity index (χ1n) is 8.51. The summed E-state index contributed by atoms with van der Waals surface area (Å²) in [5, 5.41) is 20.5. The molecule has 2 heteroatoms. The van der Waals surface area contributed by atoms with Gasteiger partial charge in [0, 0.05) is 5.41 Å². The van der Waals surface area contributed by atoms with Crippen molar-refractivity contribution in [3.05, 3.63) is 0 Å². The van der Waals surface area contributed by atoms with Crippen LogP contribution < -0.4 is 0 Å². The quantitative estimate of drug-likeness (QED) is 0.772. The summed E-state index contributed by atoms with van der Waals surface area (Å²) in [6.07, 6.45) is 11.0. The Labute approximate surface area is 115 Å². The summed E-state index contributed by atoms with van der Waals surface area (Å²) < 4.78 is 0. The van der Waals surface area contributed by atoms with Gasteiger partial charge in [0.25, 0.3) is 0 Å². The van der Waals surface area contributed by atoms with E-state index < -0.39 is 0 Å². The van der Waals surface area contributed by atoms with Crippen LogP contribution in [-0.2, 0) is 0 Å². The van der Waals surface area contributed by atoms with Crippen LogP contribution in [0.1, 0.15) is 51.4 Å². The molecule has 0 aromatic heterocycles. The maximum absolute atomic E-state index is 10.3. The third-order valence-electron chi connectivity index (χ3n) is 7.63. The minimum atomic E-state index is -0.0926. The largest absolute Gasteiger partial charge is 0.396 e. The third kappa shape index (κ3) is 1.01. The maximum Gasteiger partial charge on any atom is 0.0521 e. The van der Waals surface area contributed by atoms with Crippen molar-refractivity contribution < 1.29 is 10.2 Å². The van der Waals surface area contributed by atoms with E-state index in [0.29, 0.717) is 10.8 Å². The highest BCUT2D eigenvalue weighted by Gasteiger charge is 2.95. The standard InChI is InChI=1S/C17H26O2/c18-9-15(10-19)16(11-1-2-11,12-3-4-12)17(15,13-5-6-13)14-7-8-14/h11-14,18-19H,1-10H2. The Kier molecular flexibility index (Phi) is 1.96. The van der Waals surface area contributed by atoms with Gasteiger partial charge in [-0.3, -0.25) is 0 Å². The van der Waals surface area contributed by atoms with Crippen LogP contribution in [0.4, 0.5) is 0 Å². The number of aliphatic hydroxyl groups excluding tert-OH is 2. The van der Waals surface area contributed by atoms with Crippen LogP contribution >= 0.6 is 0 Å². The number of hydrogen-bond acceptors (Lipinski definition) is 2. The molecule has 5 aliphatic carbocycles. The molecule has 0 heterocycles. The van der Waals surface area contributed by atoms with Gasteiger partial charge >= 0.3 is 0 Å². The molecule has 0 bridgehead atoms. The molecule has 2 N–H and O–H groups in total. The van der Waals surface area contributed by atoms with Crippen LogP contribution in [0.5, 0.6) is 0 Å². The summed E-state index contributed by atoms with van der Waals surface area (Å²) in [7, 11) is 0. The molecule has 2 nitrogen and oxygen atoms in total. The fourth-order valence-electron chi connectivity index (χ4n) is 7.12. The van der Waals surface area contributed by atoms with Crippen molar-refractivity contribution in [2.75, 3.05) is 13.2 Å². The third-order valence-corrected chi connectivity index (χ3v) is 7.63. The topological polar surface area (TPSA) is 40.5 Å². The zero-order valence-electron chi connectivity index (χ0n) is 11.8. The summed E-state index contributed by atoms with van der Waals surface area (Å²) in [6, 6.07) is 0. The first-order valence-corrected chi connectivity index (χ1v) is 8.51. The molecular formula is C17H26O2. The van der Waals surface area contributed by atoms with E-state index >= 15 is 0 Å². The fraction of sp³-hybridized carbons (Fsp3) is 1.00. The lowest BCUT2D eigenvalue weighted by Gasteiger charge is -2.26. The van der Waals surface area contributed by atoms with Crippen LogP contribution in [0.15, 0.2) is 0 Å². The van der Waals surface area contributed by atoms with Gasteiger partial charge in [0.15, 0.2) is 0 Å². The Morgan fingerprint density at radius 1 is 0.579 bits per heavy atom. The van der Waals surface area contributed by atoms with Crippen molar-refractivity contribution in [2.24, 2.45) is 39.9 Å². The van der Waals surface area contributed by atoms with E-state index in [1.54, 1.807) is 0 Å². The van der Waals surface area contributed by atoms with E-state index in [2.05, 4.69) is 0 Å². The summed E-state index contributed by atoms with van der Waals surface area (Å²) in [5.74, 6) is 3.39. The molecule has 0 amide bonds. The first-order chi connectivity index (χ1) is 9.29. The smallest absolute Gasteiger partial charge is 0.0521 e. The van der Waals surface area contributed by atoms with Gasteiger partial charge in [0.05, 0.1) is 13.2 Å². The van der Waals surface area contributed by atoms with Gasteiger partial charge in [-0.15, -0.1) is 0 Å². The summed E-state index contributed by atoms with van der Waals surface area (Å²) >= 11 is 0. The Balaban J connectivity index is 1.68.